The zero-order valence-electron chi connectivity index (χ0n) is 19.6. The van der Waals surface area contributed by atoms with E-state index in [0.29, 0.717) is 22.5 Å². The SMILES string of the molecule is CCOC(=O)c1ccc(NC(=O)CSc2nnc(-c3ccc(NS(=O)(=O)c4ccccc4)cc3)o2)cc1. The third-order valence-electron chi connectivity index (χ3n) is 4.85. The number of ether oxygens (including phenoxy) is 1. The molecule has 0 aliphatic carbocycles. The highest BCUT2D eigenvalue weighted by Gasteiger charge is 2.15. The second-order valence-corrected chi connectivity index (χ2v) is 10.1. The third kappa shape index (κ3) is 6.96. The van der Waals surface area contributed by atoms with Gasteiger partial charge in [-0.3, -0.25) is 9.52 Å². The second-order valence-electron chi connectivity index (χ2n) is 7.50. The Bertz CT molecular complexity index is 1470. The second kappa shape index (κ2) is 11.7. The van der Waals surface area contributed by atoms with Crippen LogP contribution in [0.3, 0.4) is 0 Å². The molecule has 0 spiro atoms. The smallest absolute Gasteiger partial charge is 0.338 e. The quantitative estimate of drug-likeness (QED) is 0.221. The Morgan fingerprint density at radius 3 is 2.27 bits per heavy atom. The number of sulfonamides is 1. The fourth-order valence-electron chi connectivity index (χ4n) is 3.11. The van der Waals surface area contributed by atoms with Gasteiger partial charge in [-0.1, -0.05) is 30.0 Å². The van der Waals surface area contributed by atoms with Gasteiger partial charge in [0.1, 0.15) is 0 Å². The largest absolute Gasteiger partial charge is 0.462 e. The summed E-state index contributed by atoms with van der Waals surface area (Å²) in [5, 5.41) is 10.9. The predicted octanol–water partition coefficient (Wildman–Crippen LogP) is 4.44. The normalized spacial score (nSPS) is 11.1. The van der Waals surface area contributed by atoms with E-state index < -0.39 is 16.0 Å². The molecule has 2 N–H and O–H groups in total. The lowest BCUT2D eigenvalue weighted by Crippen LogP contribution is -2.14. The zero-order valence-corrected chi connectivity index (χ0v) is 21.2. The van der Waals surface area contributed by atoms with Gasteiger partial charge in [0.15, 0.2) is 0 Å². The summed E-state index contributed by atoms with van der Waals surface area (Å²) in [7, 11) is -3.70. The number of hydrogen-bond acceptors (Lipinski definition) is 9. The maximum atomic E-state index is 12.5. The number of rotatable bonds is 10. The molecule has 3 aromatic carbocycles. The Labute approximate surface area is 217 Å². The molecule has 0 radical (unpaired) electrons. The minimum Gasteiger partial charge on any atom is -0.462 e. The summed E-state index contributed by atoms with van der Waals surface area (Å²) in [5.74, 6) is -0.452. The molecule has 4 rings (SSSR count). The van der Waals surface area contributed by atoms with E-state index in [1.807, 2.05) is 0 Å². The first-order valence-corrected chi connectivity index (χ1v) is 13.5. The van der Waals surface area contributed by atoms with Crippen LogP contribution in [0.5, 0.6) is 0 Å². The van der Waals surface area contributed by atoms with Gasteiger partial charge < -0.3 is 14.5 Å². The van der Waals surface area contributed by atoms with E-state index in [-0.39, 0.29) is 34.3 Å². The van der Waals surface area contributed by atoms with Gasteiger partial charge in [-0.05, 0) is 67.6 Å². The van der Waals surface area contributed by atoms with Crippen molar-refractivity contribution >= 4 is 45.0 Å². The molecule has 1 heterocycles. The van der Waals surface area contributed by atoms with Gasteiger partial charge in [-0.25, -0.2) is 13.2 Å². The van der Waals surface area contributed by atoms with Crippen molar-refractivity contribution in [3.8, 4) is 11.5 Å². The molecule has 0 saturated carbocycles. The molecule has 0 aliphatic heterocycles. The van der Waals surface area contributed by atoms with Crippen molar-refractivity contribution in [2.24, 2.45) is 0 Å². The van der Waals surface area contributed by atoms with E-state index in [4.69, 9.17) is 9.15 Å². The summed E-state index contributed by atoms with van der Waals surface area (Å²) in [5.41, 5.74) is 1.91. The van der Waals surface area contributed by atoms with Crippen LogP contribution in [0.4, 0.5) is 11.4 Å². The predicted molar refractivity (Wildman–Crippen MR) is 139 cm³/mol. The zero-order chi connectivity index (χ0) is 26.3. The van der Waals surface area contributed by atoms with Gasteiger partial charge in [0.2, 0.25) is 11.8 Å². The number of benzene rings is 3. The van der Waals surface area contributed by atoms with Crippen molar-refractivity contribution in [1.82, 2.24) is 10.2 Å². The van der Waals surface area contributed by atoms with Gasteiger partial charge in [0.25, 0.3) is 15.2 Å². The monoisotopic (exact) mass is 538 g/mol. The minimum atomic E-state index is -3.70. The van der Waals surface area contributed by atoms with Gasteiger partial charge in [-0.15, -0.1) is 10.2 Å². The molecule has 4 aromatic rings. The molecular weight excluding hydrogens is 516 g/mol. The third-order valence-corrected chi connectivity index (χ3v) is 7.07. The van der Waals surface area contributed by atoms with Crippen molar-refractivity contribution < 1.29 is 27.2 Å². The molecule has 0 saturated heterocycles. The van der Waals surface area contributed by atoms with E-state index >= 15 is 0 Å². The molecule has 0 fully saturated rings. The van der Waals surface area contributed by atoms with Gasteiger partial charge in [-0.2, -0.15) is 0 Å². The highest BCUT2D eigenvalue weighted by Crippen LogP contribution is 2.25. The number of aromatic nitrogens is 2. The molecule has 12 heteroatoms. The van der Waals surface area contributed by atoms with Crippen molar-refractivity contribution in [1.29, 1.82) is 0 Å². The number of nitrogens with one attached hydrogen (secondary N) is 2. The first-order chi connectivity index (χ1) is 17.8. The molecule has 0 bridgehead atoms. The van der Waals surface area contributed by atoms with Crippen LogP contribution in [-0.4, -0.2) is 42.9 Å². The van der Waals surface area contributed by atoms with E-state index in [1.54, 1.807) is 73.7 Å². The van der Waals surface area contributed by atoms with E-state index in [0.717, 1.165) is 11.8 Å². The van der Waals surface area contributed by atoms with Crippen molar-refractivity contribution in [3.05, 3.63) is 84.4 Å². The number of thioether (sulfide) groups is 1. The van der Waals surface area contributed by atoms with Crippen molar-refractivity contribution in [3.63, 3.8) is 0 Å². The number of amides is 1. The lowest BCUT2D eigenvalue weighted by molar-refractivity contribution is -0.113. The molecule has 10 nitrogen and oxygen atoms in total. The maximum Gasteiger partial charge on any atom is 0.338 e. The lowest BCUT2D eigenvalue weighted by atomic mass is 10.2. The van der Waals surface area contributed by atoms with Crippen molar-refractivity contribution in [2.75, 3.05) is 22.4 Å². The van der Waals surface area contributed by atoms with Gasteiger partial charge >= 0.3 is 5.97 Å². The van der Waals surface area contributed by atoms with Crippen molar-refractivity contribution in [2.45, 2.75) is 17.0 Å². The Hall–Kier alpha value is -4.16. The molecule has 0 atom stereocenters. The average molecular weight is 539 g/mol. The summed E-state index contributed by atoms with van der Waals surface area (Å²) in [6.45, 7) is 2.01. The van der Waals surface area contributed by atoms with Crippen LogP contribution < -0.4 is 10.0 Å². The first kappa shape index (κ1) is 25.9. The Morgan fingerprint density at radius 1 is 0.919 bits per heavy atom. The number of carbonyl (C=O) groups is 2. The van der Waals surface area contributed by atoms with E-state index in [1.165, 1.54) is 12.1 Å². The molecule has 1 amide bonds. The summed E-state index contributed by atoms with van der Waals surface area (Å²) < 4.78 is 38.0. The molecule has 0 unspecified atom stereocenters. The van der Waals surface area contributed by atoms with Crippen LogP contribution in [0.15, 0.2) is 93.4 Å². The summed E-state index contributed by atoms with van der Waals surface area (Å²) in [6.07, 6.45) is 0. The first-order valence-electron chi connectivity index (χ1n) is 11.1. The molecule has 0 aliphatic rings. The van der Waals surface area contributed by atoms with Gasteiger partial charge in [0.05, 0.1) is 22.8 Å². The number of esters is 1. The maximum absolute atomic E-state index is 12.5. The fourth-order valence-corrected chi connectivity index (χ4v) is 4.75. The topological polar surface area (TPSA) is 140 Å². The summed E-state index contributed by atoms with van der Waals surface area (Å²) in [6, 6.07) is 20.9. The van der Waals surface area contributed by atoms with Crippen LogP contribution in [-0.2, 0) is 19.6 Å². The molecule has 37 heavy (non-hydrogen) atoms. The van der Waals surface area contributed by atoms with Crippen LogP contribution in [0, 0.1) is 0 Å². The van der Waals surface area contributed by atoms with Crippen LogP contribution in [0.2, 0.25) is 0 Å². The Balaban J connectivity index is 1.30. The van der Waals surface area contributed by atoms with E-state index in [9.17, 15) is 18.0 Å². The Kier molecular flexibility index (Phi) is 8.21. The van der Waals surface area contributed by atoms with Gasteiger partial charge in [0, 0.05) is 16.9 Å². The van der Waals surface area contributed by atoms with E-state index in [2.05, 4.69) is 20.2 Å². The number of nitrogens with zero attached hydrogens (tertiary/aromatic N) is 2. The summed E-state index contributed by atoms with van der Waals surface area (Å²) >= 11 is 1.07. The fraction of sp³-hybridized carbons (Fsp3) is 0.120. The number of hydrogen-bond donors (Lipinski definition) is 2. The summed E-state index contributed by atoms with van der Waals surface area (Å²) in [4.78, 5) is 24.1. The molecular formula is C25H22N4O6S2. The van der Waals surface area contributed by atoms with Crippen LogP contribution in [0.1, 0.15) is 17.3 Å². The number of carbonyl (C=O) groups excluding carboxylic acids is 2. The van der Waals surface area contributed by atoms with Crippen LogP contribution in [0.25, 0.3) is 11.5 Å². The van der Waals surface area contributed by atoms with Crippen LogP contribution >= 0.6 is 11.8 Å². The Morgan fingerprint density at radius 2 is 1.59 bits per heavy atom. The average Bonchev–Trinajstić information content (AvgIpc) is 3.38. The number of anilines is 2. The molecule has 1 aromatic heterocycles. The molecule has 190 valence electrons. The highest BCUT2D eigenvalue weighted by molar-refractivity contribution is 7.99. The highest BCUT2D eigenvalue weighted by atomic mass is 32.2. The standard InChI is InChI=1S/C25H22N4O6S2/c1-2-34-24(31)18-10-12-19(13-11-18)26-22(30)16-36-25-28-27-23(35-25)17-8-14-20(15-9-17)29-37(32,33)21-6-4-3-5-7-21/h3-15,29H,2,16H2,1H3,(H,26,30). The minimum absolute atomic E-state index is 0.0292. The lowest BCUT2D eigenvalue weighted by Gasteiger charge is -2.08.